The zero-order chi connectivity index (χ0) is 9.84. The predicted octanol–water partition coefficient (Wildman–Crippen LogP) is 1.49. The molecule has 0 radical (unpaired) electrons. The Labute approximate surface area is 77.9 Å². The summed E-state index contributed by atoms with van der Waals surface area (Å²) in [6.07, 6.45) is -0.109. The third kappa shape index (κ3) is 2.34. The van der Waals surface area contributed by atoms with Crippen LogP contribution >= 0.6 is 8.03 Å². The Bertz CT molecular complexity index is 311. The van der Waals surface area contributed by atoms with Crippen molar-refractivity contribution >= 4 is 13.3 Å². The van der Waals surface area contributed by atoms with Crippen LogP contribution in [0.5, 0.6) is 0 Å². The van der Waals surface area contributed by atoms with Crippen molar-refractivity contribution in [1.29, 1.82) is 0 Å². The lowest BCUT2D eigenvalue weighted by Gasteiger charge is -2.06. The van der Waals surface area contributed by atoms with Gasteiger partial charge in [0.1, 0.15) is 0 Å². The first kappa shape index (κ1) is 10.3. The van der Waals surface area contributed by atoms with Crippen molar-refractivity contribution in [3.8, 4) is 0 Å². The monoisotopic (exact) mass is 199 g/mol. The van der Waals surface area contributed by atoms with E-state index in [2.05, 4.69) is 0 Å². The number of benzene rings is 1. The van der Waals surface area contributed by atoms with Crippen LogP contribution in [-0.4, -0.2) is 10.00 Å². The fourth-order valence-electron chi connectivity index (χ4n) is 1.16. The molecule has 0 heterocycles. The molecule has 4 heteroatoms. The Morgan fingerprint density at radius 2 is 2.08 bits per heavy atom. The molecule has 2 atom stereocenters. The molecule has 0 saturated carbocycles. The van der Waals surface area contributed by atoms with Crippen LogP contribution in [0.1, 0.15) is 25.0 Å². The first-order chi connectivity index (χ1) is 6.16. The van der Waals surface area contributed by atoms with Gasteiger partial charge >= 0.3 is 8.03 Å². The molecule has 1 aromatic rings. The number of hydrogen-bond acceptors (Lipinski definition) is 2. The van der Waals surface area contributed by atoms with Gasteiger partial charge in [-0.3, -0.25) is 0 Å². The highest BCUT2D eigenvalue weighted by Gasteiger charge is 2.24. The summed E-state index contributed by atoms with van der Waals surface area (Å²) in [5.74, 6) is 0. The quantitative estimate of drug-likeness (QED) is 0.725. The molecular formula is C9H12O3P+. The molecule has 0 spiro atoms. The maximum absolute atomic E-state index is 10.9. The van der Waals surface area contributed by atoms with Gasteiger partial charge in [-0.15, -0.1) is 0 Å². The number of aliphatic hydroxyl groups excluding tert-OH is 1. The summed E-state index contributed by atoms with van der Waals surface area (Å²) in [6.45, 7) is 1.83. The second-order valence-corrected chi connectivity index (χ2v) is 3.78. The number of rotatable bonds is 3. The molecule has 1 rings (SSSR count). The zero-order valence-electron chi connectivity index (χ0n) is 7.34. The maximum atomic E-state index is 10.9. The van der Waals surface area contributed by atoms with Crippen LogP contribution in [-0.2, 0) is 4.57 Å². The van der Waals surface area contributed by atoms with Gasteiger partial charge in [0, 0.05) is 5.56 Å². The van der Waals surface area contributed by atoms with Gasteiger partial charge in [0.2, 0.25) is 5.30 Å². The van der Waals surface area contributed by atoms with Crippen LogP contribution < -0.4 is 5.30 Å². The lowest BCUT2D eigenvalue weighted by molar-refractivity contribution is 0.174. The smallest absolute Gasteiger partial charge is 0.388 e. The van der Waals surface area contributed by atoms with Crippen LogP contribution in [0.3, 0.4) is 0 Å². The molecule has 0 fully saturated rings. The van der Waals surface area contributed by atoms with Gasteiger partial charge in [-0.25, -0.2) is 0 Å². The first-order valence-electron chi connectivity index (χ1n) is 4.10. The Morgan fingerprint density at radius 1 is 1.46 bits per heavy atom. The Hall–Kier alpha value is -0.760. The second kappa shape index (κ2) is 4.47. The minimum atomic E-state index is -2.36. The first-order valence-corrected chi connectivity index (χ1v) is 5.31. The van der Waals surface area contributed by atoms with Crippen LogP contribution in [0.2, 0.25) is 0 Å². The molecule has 2 N–H and O–H groups in total. The van der Waals surface area contributed by atoms with Crippen molar-refractivity contribution in [2.24, 2.45) is 0 Å². The van der Waals surface area contributed by atoms with Gasteiger partial charge in [-0.1, -0.05) is 25.1 Å². The maximum Gasteiger partial charge on any atom is 0.546 e. The van der Waals surface area contributed by atoms with E-state index in [4.69, 9.17) is 4.89 Å². The minimum Gasteiger partial charge on any atom is -0.388 e. The largest absolute Gasteiger partial charge is 0.546 e. The Morgan fingerprint density at radius 3 is 2.62 bits per heavy atom. The van der Waals surface area contributed by atoms with Crippen molar-refractivity contribution in [3.05, 3.63) is 29.8 Å². The van der Waals surface area contributed by atoms with E-state index in [-0.39, 0.29) is 0 Å². The molecule has 13 heavy (non-hydrogen) atoms. The molecule has 0 amide bonds. The summed E-state index contributed by atoms with van der Waals surface area (Å²) < 4.78 is 10.9. The zero-order valence-corrected chi connectivity index (χ0v) is 8.24. The topological polar surface area (TPSA) is 57.5 Å². The SMILES string of the molecule is CCC(O)c1ccccc1[P+](=O)O. The van der Waals surface area contributed by atoms with E-state index >= 15 is 0 Å². The average Bonchev–Trinajstić information content (AvgIpc) is 2.16. The highest BCUT2D eigenvalue weighted by Crippen LogP contribution is 2.22. The highest BCUT2D eigenvalue weighted by molar-refractivity contribution is 7.47. The van der Waals surface area contributed by atoms with E-state index in [1.54, 1.807) is 24.3 Å². The predicted molar refractivity (Wildman–Crippen MR) is 51.2 cm³/mol. The van der Waals surface area contributed by atoms with E-state index in [9.17, 15) is 9.67 Å². The van der Waals surface area contributed by atoms with Crippen molar-refractivity contribution < 1.29 is 14.6 Å². The summed E-state index contributed by atoms with van der Waals surface area (Å²) in [5.41, 5.74) is 0.550. The second-order valence-electron chi connectivity index (χ2n) is 2.76. The van der Waals surface area contributed by atoms with Gasteiger partial charge in [-0.05, 0) is 17.1 Å². The molecule has 0 bridgehead atoms. The van der Waals surface area contributed by atoms with Crippen molar-refractivity contribution in [2.75, 3.05) is 0 Å². The fraction of sp³-hybridized carbons (Fsp3) is 0.333. The van der Waals surface area contributed by atoms with E-state index in [0.717, 1.165) is 0 Å². The van der Waals surface area contributed by atoms with Crippen LogP contribution in [0, 0.1) is 0 Å². The third-order valence-corrected chi connectivity index (χ3v) is 2.71. The molecule has 1 aromatic carbocycles. The van der Waals surface area contributed by atoms with Crippen molar-refractivity contribution in [1.82, 2.24) is 0 Å². The number of hydrogen-bond donors (Lipinski definition) is 2. The Balaban J connectivity index is 3.11. The Kier molecular flexibility index (Phi) is 3.55. The summed E-state index contributed by atoms with van der Waals surface area (Å²) in [5, 5.41) is 9.85. The van der Waals surface area contributed by atoms with Crippen LogP contribution in [0.25, 0.3) is 0 Å². The molecule has 70 valence electrons. The molecule has 2 unspecified atom stereocenters. The molecule has 0 saturated heterocycles. The van der Waals surface area contributed by atoms with E-state index in [0.29, 0.717) is 17.3 Å². The normalized spacial score (nSPS) is 13.9. The lowest BCUT2D eigenvalue weighted by Crippen LogP contribution is -2.09. The highest BCUT2D eigenvalue weighted by atomic mass is 31.1. The van der Waals surface area contributed by atoms with Crippen molar-refractivity contribution in [2.45, 2.75) is 19.4 Å². The van der Waals surface area contributed by atoms with E-state index in [1.807, 2.05) is 6.92 Å². The molecule has 0 aliphatic carbocycles. The van der Waals surface area contributed by atoms with Gasteiger partial charge in [0.25, 0.3) is 0 Å². The fourth-order valence-corrected chi connectivity index (χ4v) is 1.82. The molecule has 3 nitrogen and oxygen atoms in total. The van der Waals surface area contributed by atoms with Crippen LogP contribution in [0.15, 0.2) is 24.3 Å². The number of aliphatic hydroxyl groups is 1. The molecule has 0 aliphatic rings. The van der Waals surface area contributed by atoms with Crippen LogP contribution in [0.4, 0.5) is 0 Å². The molecule has 0 aromatic heterocycles. The lowest BCUT2D eigenvalue weighted by atomic mass is 10.1. The minimum absolute atomic E-state index is 0.326. The average molecular weight is 199 g/mol. The van der Waals surface area contributed by atoms with Gasteiger partial charge in [0.15, 0.2) is 0 Å². The van der Waals surface area contributed by atoms with Gasteiger partial charge < -0.3 is 5.11 Å². The van der Waals surface area contributed by atoms with E-state index < -0.39 is 14.1 Å². The van der Waals surface area contributed by atoms with E-state index in [1.165, 1.54) is 0 Å². The summed E-state index contributed by atoms with van der Waals surface area (Å²) in [4.78, 5) is 8.95. The van der Waals surface area contributed by atoms with Gasteiger partial charge in [0.05, 0.1) is 6.10 Å². The standard InChI is InChI=1S/C9H11O3P/c1-2-8(10)7-5-3-4-6-9(7)13(11)12/h3-6,8,10H,2H2,1H3/p+1. The van der Waals surface area contributed by atoms with Gasteiger partial charge in [-0.2, -0.15) is 4.89 Å². The summed E-state index contributed by atoms with van der Waals surface area (Å²) in [6, 6.07) is 6.67. The molecular weight excluding hydrogens is 187 g/mol. The summed E-state index contributed by atoms with van der Waals surface area (Å²) >= 11 is 0. The molecule has 0 aliphatic heterocycles. The third-order valence-electron chi connectivity index (χ3n) is 1.89. The van der Waals surface area contributed by atoms with Crippen molar-refractivity contribution in [3.63, 3.8) is 0 Å². The summed E-state index contributed by atoms with van der Waals surface area (Å²) in [7, 11) is -2.36.